The Bertz CT molecular complexity index is 1110. The number of nitrogens with one attached hydrogen (secondary N) is 1. The van der Waals surface area contributed by atoms with Crippen molar-refractivity contribution in [3.05, 3.63) is 31.0 Å². The van der Waals surface area contributed by atoms with Crippen LogP contribution < -0.4 is 0 Å². The predicted octanol–water partition coefficient (Wildman–Crippen LogP) is -4.78. The maximum Gasteiger partial charge on any atom is 0.145 e. The molecule has 1 saturated heterocycles. The van der Waals surface area contributed by atoms with Crippen LogP contribution in [0, 0.1) is 0 Å². The van der Waals surface area contributed by atoms with Crippen molar-refractivity contribution in [1.82, 2.24) is 24.7 Å². The lowest BCUT2D eigenvalue weighted by Gasteiger charge is -2.48. The minimum Gasteiger partial charge on any atom is -0.398 e. The Kier molecular flexibility index (Phi) is 3.25. The number of aromatic nitrogens is 5. The first-order valence-corrected chi connectivity index (χ1v) is 9.74. The molecule has 5 rings (SSSR count). The summed E-state index contributed by atoms with van der Waals surface area (Å²) in [6.45, 7) is 0.553. The fourth-order valence-electron chi connectivity index (χ4n) is 6.04. The summed E-state index contributed by atoms with van der Waals surface area (Å²) < 4.78 is 1.88. The summed E-state index contributed by atoms with van der Waals surface area (Å²) >= 11 is 0. The third kappa shape index (κ3) is 1.78. The number of H-pyrrole nitrogens is 1. The van der Waals surface area contributed by atoms with Crippen molar-refractivity contribution in [3.8, 4) is 11.3 Å². The van der Waals surface area contributed by atoms with Crippen LogP contribution in [0.4, 0.5) is 0 Å². The van der Waals surface area contributed by atoms with E-state index in [-0.39, 0.29) is 5.21 Å². The maximum absolute atomic E-state index is 11.5. The van der Waals surface area contributed by atoms with Crippen LogP contribution in [0.5, 0.6) is 0 Å². The lowest BCUT2D eigenvalue weighted by Crippen LogP contribution is -2.62. The van der Waals surface area contributed by atoms with Crippen LogP contribution in [0.25, 0.3) is 22.3 Å². The van der Waals surface area contributed by atoms with Crippen molar-refractivity contribution < 1.29 is 10.2 Å². The summed E-state index contributed by atoms with van der Waals surface area (Å²) in [5, 5.41) is 27.2. The van der Waals surface area contributed by atoms with E-state index in [2.05, 4.69) is 43.6 Å². The molecule has 13 heteroatoms. The van der Waals surface area contributed by atoms with Gasteiger partial charge < -0.3 is 15.2 Å². The highest BCUT2D eigenvalue weighted by Gasteiger charge is 2.87. The van der Waals surface area contributed by atoms with E-state index in [4.69, 9.17) is 0 Å². The highest BCUT2D eigenvalue weighted by atomic mass is 16.4. The van der Waals surface area contributed by atoms with Crippen molar-refractivity contribution in [2.45, 2.75) is 33.3 Å². The normalized spacial score (nSPS) is 38.2. The van der Waals surface area contributed by atoms with E-state index in [1.165, 1.54) is 0 Å². The fourth-order valence-corrected chi connectivity index (χ4v) is 6.04. The molecule has 3 aromatic heterocycles. The molecule has 0 bridgehead atoms. The lowest BCUT2D eigenvalue weighted by molar-refractivity contribution is -0.0443. The highest BCUT2D eigenvalue weighted by Crippen LogP contribution is 2.89. The predicted molar refractivity (Wildman–Crippen MR) is 123 cm³/mol. The van der Waals surface area contributed by atoms with E-state index in [0.29, 0.717) is 6.54 Å². The summed E-state index contributed by atoms with van der Waals surface area (Å²) in [5.74, 6) is 0. The number of hydrogen-bond acceptors (Lipinski definition) is 5. The summed E-state index contributed by atoms with van der Waals surface area (Å²) in [6.07, 6.45) is 7.17. The first-order chi connectivity index (χ1) is 13.0. The molecule has 136 valence electrons. The Balaban J connectivity index is 1.53. The molecule has 0 spiro atoms. The van der Waals surface area contributed by atoms with Crippen molar-refractivity contribution >= 4 is 57.5 Å². The first kappa shape index (κ1) is 18.2. The van der Waals surface area contributed by atoms with Gasteiger partial charge in [-0.05, 0) is 11.4 Å². The molecule has 2 fully saturated rings. The number of aliphatic hydroxyl groups is 2. The summed E-state index contributed by atoms with van der Waals surface area (Å²) in [5.41, 5.74) is 0.135. The number of aromatic amines is 1. The van der Waals surface area contributed by atoms with Gasteiger partial charge in [0.15, 0.2) is 0 Å². The Hall–Kier alpha value is -1.86. The Morgan fingerprint density at radius 3 is 2.54 bits per heavy atom. The summed E-state index contributed by atoms with van der Waals surface area (Å²) in [4.78, 5) is 11.8. The van der Waals surface area contributed by atoms with Crippen LogP contribution in [-0.4, -0.2) is 92.5 Å². The quantitative estimate of drug-likeness (QED) is 0.403. The van der Waals surface area contributed by atoms with E-state index in [1.807, 2.05) is 23.1 Å². The molecule has 2 aliphatic rings. The third-order valence-electron chi connectivity index (χ3n) is 8.76. The van der Waals surface area contributed by atoms with Gasteiger partial charge in [-0.25, -0.2) is 9.97 Å². The zero-order valence-electron chi connectivity index (χ0n) is 17.0. The summed E-state index contributed by atoms with van der Waals surface area (Å²) in [7, 11) is 10.7. The molecule has 0 radical (unpaired) electrons. The van der Waals surface area contributed by atoms with E-state index in [9.17, 15) is 10.2 Å². The van der Waals surface area contributed by atoms with Crippen LogP contribution in [-0.2, 0) is 6.54 Å². The van der Waals surface area contributed by atoms with Gasteiger partial charge in [0.05, 0.1) is 25.2 Å². The number of nitrogens with zero attached hydrogens (tertiary/aromatic N) is 4. The van der Waals surface area contributed by atoms with Crippen molar-refractivity contribution in [1.29, 1.82) is 0 Å². The van der Waals surface area contributed by atoms with Crippen molar-refractivity contribution in [2.75, 3.05) is 0 Å². The van der Waals surface area contributed by atoms with E-state index < -0.39 is 21.5 Å². The Morgan fingerprint density at radius 1 is 1.11 bits per heavy atom. The minimum absolute atomic E-state index is 0.165. The molecule has 4 heterocycles. The van der Waals surface area contributed by atoms with Crippen LogP contribution in [0.1, 0.15) is 0 Å². The average molecular weight is 368 g/mol. The van der Waals surface area contributed by atoms with E-state index in [1.54, 1.807) is 28.2 Å². The SMILES string of the molecule is BC1(B)C(B)(O)C(B)(O)C2(Cn3cc(-c4ncnc5[nH]ccc45)cn3)BC12B. The van der Waals surface area contributed by atoms with Gasteiger partial charge in [0, 0.05) is 35.4 Å². The van der Waals surface area contributed by atoms with Gasteiger partial charge in [-0.1, -0.05) is 10.4 Å². The van der Waals surface area contributed by atoms with Crippen LogP contribution in [0.15, 0.2) is 31.0 Å². The molecular formula is C15H21B6N5O2. The largest absolute Gasteiger partial charge is 0.398 e. The molecule has 7 nitrogen and oxygen atoms in total. The standard InChI is InChI=1S/C15H21B6N5O2/c16-12(17)13(18)11(21-13,14(19,27)15(12,20)28)5-26-4-7(3-25-26)9-8-1-2-22-10(8)24-6-23-9/h1-4,6,21,27-28H,5,16-20H2,(H,22,23,24). The topological polar surface area (TPSA) is 99.9 Å². The second kappa shape index (κ2) is 5.00. The Morgan fingerprint density at radius 2 is 1.86 bits per heavy atom. The van der Waals surface area contributed by atoms with Gasteiger partial charge in [0.25, 0.3) is 0 Å². The smallest absolute Gasteiger partial charge is 0.145 e. The van der Waals surface area contributed by atoms with Crippen LogP contribution in [0.2, 0.25) is 15.7 Å². The second-order valence-corrected chi connectivity index (χ2v) is 9.75. The molecule has 0 amide bonds. The molecule has 1 saturated carbocycles. The number of fused-ring (bicyclic) bond motifs is 2. The molecule has 3 N–H and O–H groups in total. The average Bonchev–Trinajstić information content (AvgIpc) is 3.00. The molecular weight excluding hydrogens is 347 g/mol. The van der Waals surface area contributed by atoms with Crippen LogP contribution in [0.3, 0.4) is 0 Å². The van der Waals surface area contributed by atoms with Gasteiger partial charge >= 0.3 is 0 Å². The molecule has 4 unspecified atom stereocenters. The van der Waals surface area contributed by atoms with Gasteiger partial charge in [0.1, 0.15) is 50.6 Å². The van der Waals surface area contributed by atoms with Gasteiger partial charge in [-0.15, -0.1) is 0 Å². The number of hydrogen-bond donors (Lipinski definition) is 3. The number of rotatable bonds is 3. The molecule has 1 aliphatic heterocycles. The van der Waals surface area contributed by atoms with Gasteiger partial charge in [0.2, 0.25) is 0 Å². The van der Waals surface area contributed by atoms with E-state index in [0.717, 1.165) is 29.6 Å². The van der Waals surface area contributed by atoms with Gasteiger partial charge in [-0.3, -0.25) is 4.68 Å². The molecule has 3 aromatic rings. The van der Waals surface area contributed by atoms with Crippen molar-refractivity contribution in [2.24, 2.45) is 0 Å². The van der Waals surface area contributed by atoms with E-state index >= 15 is 0 Å². The molecule has 1 aliphatic carbocycles. The monoisotopic (exact) mass is 369 g/mol. The molecule has 0 aromatic carbocycles. The second-order valence-electron chi connectivity index (χ2n) is 9.75. The zero-order valence-corrected chi connectivity index (χ0v) is 17.0. The summed E-state index contributed by atoms with van der Waals surface area (Å²) in [6, 6.07) is 1.96. The minimum atomic E-state index is -1.22. The molecule has 4 atom stereocenters. The lowest BCUT2D eigenvalue weighted by atomic mass is 9.28. The van der Waals surface area contributed by atoms with Gasteiger partial charge in [-0.2, -0.15) is 5.10 Å². The first-order valence-electron chi connectivity index (χ1n) is 9.74. The fraction of sp³-hybridized carbons (Fsp3) is 0.400. The third-order valence-corrected chi connectivity index (χ3v) is 8.76. The van der Waals surface area contributed by atoms with Crippen LogP contribution >= 0.6 is 0 Å². The Labute approximate surface area is 168 Å². The highest BCUT2D eigenvalue weighted by molar-refractivity contribution is 6.81. The zero-order chi connectivity index (χ0) is 20.2. The molecule has 28 heavy (non-hydrogen) atoms. The maximum atomic E-state index is 11.5. The van der Waals surface area contributed by atoms with Crippen molar-refractivity contribution in [3.63, 3.8) is 0 Å².